The Morgan fingerprint density at radius 1 is 1.12 bits per heavy atom. The summed E-state index contributed by atoms with van der Waals surface area (Å²) in [5.74, 6) is 0.470. The lowest BCUT2D eigenvalue weighted by Gasteiger charge is -2.30. The molecule has 0 saturated carbocycles. The Bertz CT molecular complexity index is 1090. The number of nitrogens with one attached hydrogen (secondary N) is 2. The Hall–Kier alpha value is -2.58. The number of nitrogens with zero attached hydrogens (tertiary/aromatic N) is 3. The van der Waals surface area contributed by atoms with Gasteiger partial charge in [-0.2, -0.15) is 0 Å². The molecule has 0 bridgehead atoms. The summed E-state index contributed by atoms with van der Waals surface area (Å²) in [4.78, 5) is 23.2. The van der Waals surface area contributed by atoms with E-state index in [1.165, 1.54) is 30.6 Å². The number of thiophene rings is 1. The molecular weight excluding hydrogens is 470 g/mol. The zero-order valence-electron chi connectivity index (χ0n) is 19.2. The van der Waals surface area contributed by atoms with Gasteiger partial charge in [-0.25, -0.2) is 0 Å². The summed E-state index contributed by atoms with van der Waals surface area (Å²) in [6.07, 6.45) is 6.36. The number of halogens is 1. The maximum absolute atomic E-state index is 12.3. The molecule has 180 valence electrons. The average molecular weight is 500 g/mol. The second-order valence-electron chi connectivity index (χ2n) is 9.11. The largest absolute Gasteiger partial charge is 0.390 e. The van der Waals surface area contributed by atoms with Crippen molar-refractivity contribution in [3.05, 3.63) is 50.7 Å². The summed E-state index contributed by atoms with van der Waals surface area (Å²) >= 11 is 7.20. The van der Waals surface area contributed by atoms with E-state index < -0.39 is 0 Å². The van der Waals surface area contributed by atoms with Crippen molar-refractivity contribution in [3.63, 3.8) is 0 Å². The van der Waals surface area contributed by atoms with Crippen LogP contribution >= 0.6 is 22.9 Å². The number of amides is 1. The lowest BCUT2D eigenvalue weighted by molar-refractivity contribution is 0.0755. The molecule has 0 spiro atoms. The summed E-state index contributed by atoms with van der Waals surface area (Å²) < 4.78 is 0.596. The van der Waals surface area contributed by atoms with Crippen molar-refractivity contribution in [3.8, 4) is 0 Å². The van der Waals surface area contributed by atoms with Crippen molar-refractivity contribution in [2.75, 3.05) is 37.6 Å². The Kier molecular flexibility index (Phi) is 7.06. The van der Waals surface area contributed by atoms with Crippen LogP contribution in [0.15, 0.2) is 35.5 Å². The van der Waals surface area contributed by atoms with Crippen LogP contribution in [-0.2, 0) is 4.84 Å². The highest BCUT2D eigenvalue weighted by Gasteiger charge is 2.28. The third kappa shape index (κ3) is 5.08. The summed E-state index contributed by atoms with van der Waals surface area (Å²) in [6, 6.07) is 9.76. The van der Waals surface area contributed by atoms with Crippen molar-refractivity contribution in [1.82, 2.24) is 10.2 Å². The van der Waals surface area contributed by atoms with Gasteiger partial charge in [-0.05, 0) is 50.3 Å². The highest BCUT2D eigenvalue weighted by molar-refractivity contribution is 7.18. The van der Waals surface area contributed by atoms with E-state index >= 15 is 0 Å². The fraction of sp³-hybridized carbons (Fsp3) is 0.480. The smallest absolute Gasteiger partial charge is 0.261 e. The van der Waals surface area contributed by atoms with Crippen LogP contribution in [0.4, 0.5) is 5.69 Å². The van der Waals surface area contributed by atoms with E-state index in [1.807, 2.05) is 6.07 Å². The van der Waals surface area contributed by atoms with Crippen LogP contribution in [0.3, 0.4) is 0 Å². The van der Waals surface area contributed by atoms with Gasteiger partial charge < -0.3 is 20.0 Å². The second kappa shape index (κ2) is 10.4. The minimum Gasteiger partial charge on any atom is -0.390 e. The number of hydrogen-bond donors (Lipinski definition) is 2. The van der Waals surface area contributed by atoms with Gasteiger partial charge in [0.15, 0.2) is 0 Å². The maximum Gasteiger partial charge on any atom is 0.261 e. The minimum atomic E-state index is -0.202. The number of hydrogen-bond acceptors (Lipinski definition) is 6. The molecule has 2 saturated heterocycles. The highest BCUT2D eigenvalue weighted by atomic mass is 35.5. The quantitative estimate of drug-likeness (QED) is 0.444. The van der Waals surface area contributed by atoms with Gasteiger partial charge in [-0.1, -0.05) is 28.9 Å². The van der Waals surface area contributed by atoms with Crippen LogP contribution in [0.2, 0.25) is 4.34 Å². The molecule has 5 rings (SSSR count). The van der Waals surface area contributed by atoms with Crippen LogP contribution < -0.4 is 10.2 Å². The molecule has 1 unspecified atom stereocenters. The molecule has 34 heavy (non-hydrogen) atoms. The predicted molar refractivity (Wildman–Crippen MR) is 138 cm³/mol. The van der Waals surface area contributed by atoms with Crippen LogP contribution in [0.1, 0.15) is 59.3 Å². The van der Waals surface area contributed by atoms with Gasteiger partial charge in [-0.3, -0.25) is 10.2 Å². The fourth-order valence-electron chi connectivity index (χ4n) is 4.87. The summed E-state index contributed by atoms with van der Waals surface area (Å²) in [6.45, 7) is 4.35. The van der Waals surface area contributed by atoms with E-state index in [0.717, 1.165) is 61.5 Å². The molecule has 0 radical (unpaired) electrons. The summed E-state index contributed by atoms with van der Waals surface area (Å²) in [5.41, 5.74) is 4.06. The third-order valence-corrected chi connectivity index (χ3v) is 7.95. The standard InChI is InChI=1S/C25H30ClN5O2S/c26-23-9-8-22(34-23)25(32)28-16-18-15-20(29-33-18)19-7-6-17(14-21(19)30-10-4-5-11-30)24(27)31-12-2-1-3-13-31/h6-9,14,18,27H,1-5,10-13,15-16H2,(H,28,32). The van der Waals surface area contributed by atoms with Crippen LogP contribution in [-0.4, -0.2) is 61.2 Å². The second-order valence-corrected chi connectivity index (χ2v) is 10.8. The van der Waals surface area contributed by atoms with E-state index in [4.69, 9.17) is 21.8 Å². The van der Waals surface area contributed by atoms with Crippen molar-refractivity contribution in [2.45, 2.75) is 44.6 Å². The molecule has 1 aromatic carbocycles. The molecule has 2 fully saturated rings. The first-order chi connectivity index (χ1) is 16.6. The number of likely N-dealkylation sites (tertiary alicyclic amines) is 1. The number of piperidine rings is 1. The molecule has 4 heterocycles. The molecule has 3 aliphatic heterocycles. The predicted octanol–water partition coefficient (Wildman–Crippen LogP) is 4.74. The molecule has 2 N–H and O–H groups in total. The number of oxime groups is 1. The first-order valence-electron chi connectivity index (χ1n) is 12.1. The average Bonchev–Trinajstić information content (AvgIpc) is 3.64. The lowest BCUT2D eigenvalue weighted by atomic mass is 9.99. The highest BCUT2D eigenvalue weighted by Crippen LogP contribution is 2.30. The molecular formula is C25H30ClN5O2S. The Morgan fingerprint density at radius 2 is 1.88 bits per heavy atom. The monoisotopic (exact) mass is 499 g/mol. The first kappa shape index (κ1) is 23.2. The zero-order chi connectivity index (χ0) is 23.5. The molecule has 7 nitrogen and oxygen atoms in total. The Morgan fingerprint density at radius 3 is 2.62 bits per heavy atom. The van der Waals surface area contributed by atoms with E-state index in [0.29, 0.717) is 28.0 Å². The Balaban J connectivity index is 1.28. The topological polar surface area (TPSA) is 81.0 Å². The van der Waals surface area contributed by atoms with Crippen LogP contribution in [0.25, 0.3) is 0 Å². The minimum absolute atomic E-state index is 0.146. The zero-order valence-corrected chi connectivity index (χ0v) is 20.8. The van der Waals surface area contributed by atoms with Gasteiger partial charge in [0.1, 0.15) is 11.9 Å². The fourth-order valence-corrected chi connectivity index (χ4v) is 5.83. The number of carbonyl (C=O) groups excluding carboxylic acids is 1. The first-order valence-corrected chi connectivity index (χ1v) is 13.3. The van der Waals surface area contributed by atoms with Crippen molar-refractivity contribution >= 4 is 46.1 Å². The van der Waals surface area contributed by atoms with Crippen molar-refractivity contribution in [2.24, 2.45) is 5.16 Å². The number of rotatable bonds is 6. The number of anilines is 1. The molecule has 0 aliphatic carbocycles. The molecule has 9 heteroatoms. The van der Waals surface area contributed by atoms with Gasteiger partial charge in [-0.15, -0.1) is 11.3 Å². The van der Waals surface area contributed by atoms with E-state index in [2.05, 4.69) is 32.4 Å². The van der Waals surface area contributed by atoms with Crippen LogP contribution in [0.5, 0.6) is 0 Å². The van der Waals surface area contributed by atoms with E-state index in [-0.39, 0.29) is 12.0 Å². The molecule has 2 aromatic rings. The molecule has 3 aliphatic rings. The van der Waals surface area contributed by atoms with Gasteiger partial charge in [0.05, 0.1) is 21.5 Å². The SMILES string of the molecule is N=C(c1ccc(C2=NOC(CNC(=O)c3ccc(Cl)s3)C2)c(N2CCCC2)c1)N1CCCCC1. The number of benzene rings is 1. The van der Waals surface area contributed by atoms with E-state index in [9.17, 15) is 4.79 Å². The van der Waals surface area contributed by atoms with Gasteiger partial charge in [0, 0.05) is 49.4 Å². The lowest BCUT2D eigenvalue weighted by Crippen LogP contribution is -2.35. The number of carbonyl (C=O) groups is 1. The summed E-state index contributed by atoms with van der Waals surface area (Å²) in [5, 5.41) is 16.1. The van der Waals surface area contributed by atoms with Crippen molar-refractivity contribution < 1.29 is 9.63 Å². The molecule has 1 atom stereocenters. The maximum atomic E-state index is 12.3. The number of amidine groups is 1. The van der Waals surface area contributed by atoms with Gasteiger partial charge in [0.25, 0.3) is 5.91 Å². The normalized spacial score (nSPS) is 20.3. The van der Waals surface area contributed by atoms with Crippen LogP contribution in [0, 0.1) is 5.41 Å². The van der Waals surface area contributed by atoms with Crippen molar-refractivity contribution in [1.29, 1.82) is 5.41 Å². The van der Waals surface area contributed by atoms with E-state index in [1.54, 1.807) is 12.1 Å². The Labute approximate surface area is 209 Å². The van der Waals surface area contributed by atoms with Gasteiger partial charge in [0.2, 0.25) is 0 Å². The molecule has 1 aromatic heterocycles. The third-order valence-electron chi connectivity index (χ3n) is 6.72. The van der Waals surface area contributed by atoms with Gasteiger partial charge >= 0.3 is 0 Å². The molecule has 1 amide bonds. The summed E-state index contributed by atoms with van der Waals surface area (Å²) in [7, 11) is 0.